The Morgan fingerprint density at radius 2 is 2.19 bits per heavy atom. The topological polar surface area (TPSA) is 66.2 Å². The Bertz CT molecular complexity index is 576. The predicted molar refractivity (Wildman–Crippen MR) is 93.4 cm³/mol. The van der Waals surface area contributed by atoms with Crippen LogP contribution >= 0.6 is 0 Å². The number of nitrogens with one attached hydrogen (secondary N) is 2. The highest BCUT2D eigenvalue weighted by atomic mass is 19.4. The molecule has 146 valence electrons. The van der Waals surface area contributed by atoms with Gasteiger partial charge < -0.3 is 16.0 Å². The van der Waals surface area contributed by atoms with E-state index in [0.717, 1.165) is 31.7 Å². The highest BCUT2D eigenvalue weighted by Gasteiger charge is 2.29. The molecule has 5 nitrogen and oxygen atoms in total. The highest BCUT2D eigenvalue weighted by molar-refractivity contribution is 5.43. The molecule has 0 spiro atoms. The zero-order valence-corrected chi connectivity index (χ0v) is 14.5. The number of halogens is 4. The van der Waals surface area contributed by atoms with Crippen molar-refractivity contribution in [3.05, 3.63) is 36.3 Å². The molecule has 1 aliphatic rings. The first-order valence-electron chi connectivity index (χ1n) is 8.53. The molecule has 0 saturated carbocycles. The van der Waals surface area contributed by atoms with Gasteiger partial charge >= 0.3 is 6.18 Å². The van der Waals surface area contributed by atoms with Crippen LogP contribution in [0.25, 0.3) is 0 Å². The van der Waals surface area contributed by atoms with E-state index >= 15 is 0 Å². The van der Waals surface area contributed by atoms with Crippen LogP contribution < -0.4 is 16.4 Å². The minimum Gasteiger partial charge on any atom is -0.401 e. The number of hydrogen-bond acceptors (Lipinski definition) is 5. The minimum atomic E-state index is -4.34. The lowest BCUT2D eigenvalue weighted by Crippen LogP contribution is -2.34. The summed E-state index contributed by atoms with van der Waals surface area (Å²) in [5, 5.41) is 5.67. The van der Waals surface area contributed by atoms with Crippen molar-refractivity contribution >= 4 is 5.69 Å². The van der Waals surface area contributed by atoms with E-state index in [1.54, 1.807) is 18.3 Å². The lowest BCUT2D eigenvalue weighted by Gasteiger charge is -2.20. The van der Waals surface area contributed by atoms with Crippen molar-refractivity contribution in [1.82, 2.24) is 15.2 Å². The summed E-state index contributed by atoms with van der Waals surface area (Å²) in [6, 6.07) is 2.77. The second kappa shape index (κ2) is 9.18. The van der Waals surface area contributed by atoms with Crippen LogP contribution in [0.15, 0.2) is 30.6 Å². The molecule has 1 aliphatic heterocycles. The number of hydrogen-bond donors (Lipinski definition) is 3. The van der Waals surface area contributed by atoms with E-state index in [9.17, 15) is 17.6 Å². The van der Waals surface area contributed by atoms with Gasteiger partial charge in [-0.2, -0.15) is 13.2 Å². The van der Waals surface area contributed by atoms with Gasteiger partial charge in [0.2, 0.25) is 0 Å². The zero-order chi connectivity index (χ0) is 19.2. The van der Waals surface area contributed by atoms with Crippen LogP contribution in [-0.4, -0.2) is 55.0 Å². The van der Waals surface area contributed by atoms with Gasteiger partial charge in [0.1, 0.15) is 0 Å². The standard InChI is InChI=1S/C17H25F4N5/c1-12(22)16(24-11-17(19,20)21)15-4-3-13(9-23-15)25-14-5-8-26(10-14)7-2-6-18/h3-4,9,14,16,24-25H,1-2,5-8,10-11,22H2/t14-,16?/m0/s1. The summed E-state index contributed by atoms with van der Waals surface area (Å²) in [4.78, 5) is 6.42. The molecule has 2 atom stereocenters. The maximum atomic E-state index is 12.4. The molecule has 2 heterocycles. The molecule has 0 aromatic carbocycles. The van der Waals surface area contributed by atoms with Crippen LogP contribution in [-0.2, 0) is 0 Å². The average Bonchev–Trinajstić information content (AvgIpc) is 3.00. The van der Waals surface area contributed by atoms with Crippen LogP contribution in [0.4, 0.5) is 23.2 Å². The number of pyridine rings is 1. The average molecular weight is 375 g/mol. The van der Waals surface area contributed by atoms with Crippen molar-refractivity contribution in [3.8, 4) is 0 Å². The van der Waals surface area contributed by atoms with E-state index in [4.69, 9.17) is 5.73 Å². The number of rotatable bonds is 9. The largest absolute Gasteiger partial charge is 0.401 e. The second-order valence-corrected chi connectivity index (χ2v) is 6.45. The normalized spacial score (nSPS) is 19.5. The van der Waals surface area contributed by atoms with Crippen LogP contribution in [0.3, 0.4) is 0 Å². The molecule has 26 heavy (non-hydrogen) atoms. The van der Waals surface area contributed by atoms with E-state index in [1.165, 1.54) is 0 Å². The number of likely N-dealkylation sites (tertiary alicyclic amines) is 1. The molecular weight excluding hydrogens is 350 g/mol. The molecule has 1 fully saturated rings. The Hall–Kier alpha value is -1.87. The maximum absolute atomic E-state index is 12.4. The molecule has 4 N–H and O–H groups in total. The number of alkyl halides is 4. The molecular formula is C17H25F4N5. The van der Waals surface area contributed by atoms with Gasteiger partial charge in [0.15, 0.2) is 0 Å². The van der Waals surface area contributed by atoms with E-state index in [2.05, 4.69) is 27.1 Å². The van der Waals surface area contributed by atoms with Crippen molar-refractivity contribution in [2.45, 2.75) is 31.1 Å². The summed E-state index contributed by atoms with van der Waals surface area (Å²) in [5.74, 6) is 0. The fourth-order valence-corrected chi connectivity index (χ4v) is 2.98. The Labute approximate surface area is 150 Å². The fourth-order valence-electron chi connectivity index (χ4n) is 2.98. The van der Waals surface area contributed by atoms with E-state index in [1.807, 2.05) is 0 Å². The summed E-state index contributed by atoms with van der Waals surface area (Å²) in [7, 11) is 0. The first kappa shape index (κ1) is 20.4. The molecule has 1 aromatic heterocycles. The molecule has 0 aliphatic carbocycles. The molecule has 1 saturated heterocycles. The van der Waals surface area contributed by atoms with E-state index in [0.29, 0.717) is 12.1 Å². The Balaban J connectivity index is 1.91. The number of aromatic nitrogens is 1. The number of nitrogens with zero attached hydrogens (tertiary/aromatic N) is 2. The van der Waals surface area contributed by atoms with Gasteiger partial charge in [-0.25, -0.2) is 0 Å². The quantitative estimate of drug-likeness (QED) is 0.579. The Morgan fingerprint density at radius 3 is 2.77 bits per heavy atom. The fraction of sp³-hybridized carbons (Fsp3) is 0.588. The van der Waals surface area contributed by atoms with Gasteiger partial charge in [-0.05, 0) is 25.0 Å². The van der Waals surface area contributed by atoms with E-state index in [-0.39, 0.29) is 18.4 Å². The van der Waals surface area contributed by atoms with Crippen molar-refractivity contribution in [2.75, 3.05) is 38.2 Å². The number of nitrogens with two attached hydrogens (primary N) is 1. The third-order valence-corrected chi connectivity index (χ3v) is 4.21. The Morgan fingerprint density at radius 1 is 1.42 bits per heavy atom. The highest BCUT2D eigenvalue weighted by Crippen LogP contribution is 2.21. The van der Waals surface area contributed by atoms with Crippen molar-refractivity contribution in [1.29, 1.82) is 0 Å². The van der Waals surface area contributed by atoms with Crippen LogP contribution in [0, 0.1) is 0 Å². The third-order valence-electron chi connectivity index (χ3n) is 4.21. The predicted octanol–water partition coefficient (Wildman–Crippen LogP) is 2.59. The van der Waals surface area contributed by atoms with Crippen LogP contribution in [0.5, 0.6) is 0 Å². The van der Waals surface area contributed by atoms with Gasteiger partial charge in [0.05, 0.1) is 36.8 Å². The molecule has 1 unspecified atom stereocenters. The summed E-state index contributed by atoms with van der Waals surface area (Å²) in [6.07, 6.45) is -1.28. The van der Waals surface area contributed by atoms with Crippen LogP contribution in [0.2, 0.25) is 0 Å². The summed E-state index contributed by atoms with van der Waals surface area (Å²) in [6.45, 7) is 4.54. The Kier molecular flexibility index (Phi) is 7.22. The van der Waals surface area contributed by atoms with Gasteiger partial charge in [0.25, 0.3) is 0 Å². The molecule has 1 aromatic rings. The van der Waals surface area contributed by atoms with Gasteiger partial charge in [-0.15, -0.1) is 0 Å². The van der Waals surface area contributed by atoms with Crippen LogP contribution in [0.1, 0.15) is 24.6 Å². The molecule has 9 heteroatoms. The monoisotopic (exact) mass is 375 g/mol. The van der Waals surface area contributed by atoms with Crippen molar-refractivity contribution in [3.63, 3.8) is 0 Å². The van der Waals surface area contributed by atoms with Crippen molar-refractivity contribution < 1.29 is 17.6 Å². The minimum absolute atomic E-state index is 0.0711. The summed E-state index contributed by atoms with van der Waals surface area (Å²) < 4.78 is 49.5. The molecule has 2 rings (SSSR count). The lowest BCUT2D eigenvalue weighted by molar-refractivity contribution is -0.125. The SMILES string of the molecule is C=C(N)C(NCC(F)(F)F)c1ccc(N[C@H]2CCN(CCCF)C2)cn1. The van der Waals surface area contributed by atoms with Gasteiger partial charge in [-0.3, -0.25) is 14.7 Å². The smallest absolute Gasteiger partial charge is 0.401 e. The third kappa shape index (κ3) is 6.45. The maximum Gasteiger partial charge on any atom is 0.401 e. The molecule has 0 bridgehead atoms. The van der Waals surface area contributed by atoms with E-state index < -0.39 is 18.8 Å². The van der Waals surface area contributed by atoms with Gasteiger partial charge in [-0.1, -0.05) is 6.58 Å². The first-order valence-corrected chi connectivity index (χ1v) is 8.53. The first-order chi connectivity index (χ1) is 12.3. The summed E-state index contributed by atoms with van der Waals surface area (Å²) >= 11 is 0. The summed E-state index contributed by atoms with van der Waals surface area (Å²) in [5.41, 5.74) is 6.84. The molecule has 0 amide bonds. The van der Waals surface area contributed by atoms with Gasteiger partial charge in [0, 0.05) is 31.4 Å². The number of anilines is 1. The molecule has 0 radical (unpaired) electrons. The second-order valence-electron chi connectivity index (χ2n) is 6.45. The lowest BCUT2D eigenvalue weighted by atomic mass is 10.1. The zero-order valence-electron chi connectivity index (χ0n) is 14.5. The van der Waals surface area contributed by atoms with Crippen molar-refractivity contribution in [2.24, 2.45) is 5.73 Å².